The molecule has 0 aromatic heterocycles. The highest BCUT2D eigenvalue weighted by Crippen LogP contribution is 2.22. The maximum Gasteiger partial charge on any atom is 0.406 e. The van der Waals surface area contributed by atoms with Gasteiger partial charge in [-0.05, 0) is 33.6 Å². The van der Waals surface area contributed by atoms with E-state index in [0.717, 1.165) is 11.3 Å². The van der Waals surface area contributed by atoms with Crippen LogP contribution >= 0.6 is 0 Å². The minimum Gasteiger partial charge on any atom is -0.331 e. The van der Waals surface area contributed by atoms with Crippen molar-refractivity contribution in [3.8, 4) is 0 Å². The molecule has 0 aromatic rings. The lowest BCUT2D eigenvalue weighted by atomic mass is 9.94. The molecule has 0 aromatic carbocycles. The zero-order chi connectivity index (χ0) is 13.9. The smallest absolute Gasteiger partial charge is 0.331 e. The molecule has 18 heavy (non-hydrogen) atoms. The standard InChI is InChI=1S/C12H21F3N2O/c1-8(2)17(7-12(13,14)15)11(18)10-5-4-9(3)16-6-10/h8-10,16H,4-7H2,1-3H3. The molecule has 1 aliphatic rings. The molecule has 106 valence electrons. The van der Waals surface area contributed by atoms with Gasteiger partial charge in [0, 0.05) is 18.6 Å². The second-order valence-electron chi connectivity index (χ2n) is 5.26. The third kappa shape index (κ3) is 4.48. The first-order valence-corrected chi connectivity index (χ1v) is 6.31. The fraction of sp³-hybridized carbons (Fsp3) is 0.917. The number of amides is 1. The molecule has 1 heterocycles. The summed E-state index contributed by atoms with van der Waals surface area (Å²) in [6, 6.07) is -0.0948. The van der Waals surface area contributed by atoms with E-state index in [1.807, 2.05) is 6.92 Å². The van der Waals surface area contributed by atoms with E-state index in [-0.39, 0.29) is 11.8 Å². The molecule has 6 heteroatoms. The van der Waals surface area contributed by atoms with Crippen LogP contribution in [0, 0.1) is 5.92 Å². The van der Waals surface area contributed by atoms with Crippen molar-refractivity contribution < 1.29 is 18.0 Å². The van der Waals surface area contributed by atoms with Gasteiger partial charge in [-0.1, -0.05) is 0 Å². The van der Waals surface area contributed by atoms with E-state index in [1.54, 1.807) is 13.8 Å². The van der Waals surface area contributed by atoms with Gasteiger partial charge in [-0.15, -0.1) is 0 Å². The van der Waals surface area contributed by atoms with Crippen LogP contribution in [-0.4, -0.2) is 42.2 Å². The van der Waals surface area contributed by atoms with E-state index >= 15 is 0 Å². The van der Waals surface area contributed by atoms with Gasteiger partial charge in [0.05, 0.1) is 5.92 Å². The monoisotopic (exact) mass is 266 g/mol. The van der Waals surface area contributed by atoms with E-state index in [4.69, 9.17) is 0 Å². The number of nitrogens with one attached hydrogen (secondary N) is 1. The maximum atomic E-state index is 12.4. The number of piperidine rings is 1. The Kier molecular flexibility index (Phi) is 5.01. The van der Waals surface area contributed by atoms with E-state index < -0.39 is 18.8 Å². The van der Waals surface area contributed by atoms with Crippen LogP contribution in [-0.2, 0) is 4.79 Å². The Morgan fingerprint density at radius 3 is 2.39 bits per heavy atom. The largest absolute Gasteiger partial charge is 0.406 e. The van der Waals surface area contributed by atoms with E-state index in [2.05, 4.69) is 5.32 Å². The summed E-state index contributed by atoms with van der Waals surface area (Å²) in [4.78, 5) is 13.0. The average molecular weight is 266 g/mol. The van der Waals surface area contributed by atoms with Crippen LogP contribution in [0.25, 0.3) is 0 Å². The molecule has 3 nitrogen and oxygen atoms in total. The molecule has 0 spiro atoms. The Morgan fingerprint density at radius 1 is 1.39 bits per heavy atom. The van der Waals surface area contributed by atoms with Gasteiger partial charge >= 0.3 is 6.18 Å². The molecule has 2 atom stereocenters. The summed E-state index contributed by atoms with van der Waals surface area (Å²) in [7, 11) is 0. The highest BCUT2D eigenvalue weighted by atomic mass is 19.4. The average Bonchev–Trinajstić information content (AvgIpc) is 2.24. The maximum absolute atomic E-state index is 12.4. The van der Waals surface area contributed by atoms with Crippen LogP contribution < -0.4 is 5.32 Å². The van der Waals surface area contributed by atoms with Gasteiger partial charge in [0.25, 0.3) is 0 Å². The number of rotatable bonds is 3. The molecule has 1 saturated heterocycles. The highest BCUT2D eigenvalue weighted by Gasteiger charge is 2.37. The Hall–Kier alpha value is -0.780. The summed E-state index contributed by atoms with van der Waals surface area (Å²) >= 11 is 0. The van der Waals surface area contributed by atoms with Gasteiger partial charge in [-0.3, -0.25) is 4.79 Å². The van der Waals surface area contributed by atoms with E-state index in [9.17, 15) is 18.0 Å². The van der Waals surface area contributed by atoms with E-state index in [1.165, 1.54) is 0 Å². The number of carbonyl (C=O) groups excluding carboxylic acids is 1. The van der Waals surface area contributed by atoms with Gasteiger partial charge in [0.2, 0.25) is 5.91 Å². The quantitative estimate of drug-likeness (QED) is 0.849. The Labute approximate surface area is 106 Å². The lowest BCUT2D eigenvalue weighted by Crippen LogP contribution is -2.50. The fourth-order valence-corrected chi connectivity index (χ4v) is 2.15. The molecular formula is C12H21F3N2O. The summed E-state index contributed by atoms with van der Waals surface area (Å²) in [6.45, 7) is 4.55. The van der Waals surface area contributed by atoms with Gasteiger partial charge < -0.3 is 10.2 Å². The molecule has 1 N–H and O–H groups in total. The topological polar surface area (TPSA) is 32.3 Å². The van der Waals surface area contributed by atoms with Crippen molar-refractivity contribution in [1.82, 2.24) is 10.2 Å². The molecular weight excluding hydrogens is 245 g/mol. The first-order chi connectivity index (χ1) is 8.20. The number of hydrogen-bond acceptors (Lipinski definition) is 2. The molecule has 1 rings (SSSR count). The first-order valence-electron chi connectivity index (χ1n) is 6.31. The molecule has 0 saturated carbocycles. The lowest BCUT2D eigenvalue weighted by Gasteiger charge is -2.34. The van der Waals surface area contributed by atoms with Gasteiger partial charge in [-0.25, -0.2) is 0 Å². The van der Waals surface area contributed by atoms with Crippen LogP contribution in [0.1, 0.15) is 33.6 Å². The molecule has 1 aliphatic heterocycles. The number of hydrogen-bond donors (Lipinski definition) is 1. The van der Waals surface area contributed by atoms with Crippen molar-refractivity contribution in [2.45, 2.75) is 51.9 Å². The summed E-state index contributed by atoms with van der Waals surface area (Å²) in [5.74, 6) is -0.715. The highest BCUT2D eigenvalue weighted by molar-refractivity contribution is 5.79. The number of carbonyl (C=O) groups is 1. The van der Waals surface area contributed by atoms with E-state index in [0.29, 0.717) is 19.0 Å². The van der Waals surface area contributed by atoms with Gasteiger partial charge in [0.1, 0.15) is 6.54 Å². The Morgan fingerprint density at radius 2 is 2.00 bits per heavy atom. The van der Waals surface area contributed by atoms with Crippen molar-refractivity contribution in [3.05, 3.63) is 0 Å². The van der Waals surface area contributed by atoms with Crippen molar-refractivity contribution in [1.29, 1.82) is 0 Å². The van der Waals surface area contributed by atoms with Crippen LogP contribution in [0.4, 0.5) is 13.2 Å². The van der Waals surface area contributed by atoms with Crippen LogP contribution in [0.15, 0.2) is 0 Å². The van der Waals surface area contributed by atoms with Crippen molar-refractivity contribution >= 4 is 5.91 Å². The van der Waals surface area contributed by atoms with Crippen molar-refractivity contribution in [2.24, 2.45) is 5.92 Å². The number of nitrogens with zero attached hydrogens (tertiary/aromatic N) is 1. The molecule has 1 amide bonds. The third-order valence-electron chi connectivity index (χ3n) is 3.27. The summed E-state index contributed by atoms with van der Waals surface area (Å²) in [6.07, 6.45) is -2.85. The fourth-order valence-electron chi connectivity index (χ4n) is 2.15. The normalized spacial score (nSPS) is 25.3. The van der Waals surface area contributed by atoms with Crippen LogP contribution in [0.2, 0.25) is 0 Å². The zero-order valence-electron chi connectivity index (χ0n) is 11.0. The molecule has 0 radical (unpaired) electrons. The predicted molar refractivity (Wildman–Crippen MR) is 63.1 cm³/mol. The molecule has 0 aliphatic carbocycles. The lowest BCUT2D eigenvalue weighted by molar-refractivity contribution is -0.167. The molecule has 0 bridgehead atoms. The minimum atomic E-state index is -4.34. The summed E-state index contributed by atoms with van der Waals surface area (Å²) in [5.41, 5.74) is 0. The Bertz CT molecular complexity index is 284. The van der Waals surface area contributed by atoms with Crippen molar-refractivity contribution in [3.63, 3.8) is 0 Å². The summed E-state index contributed by atoms with van der Waals surface area (Å²) in [5, 5.41) is 3.14. The zero-order valence-corrected chi connectivity index (χ0v) is 11.0. The van der Waals surface area contributed by atoms with Crippen molar-refractivity contribution in [2.75, 3.05) is 13.1 Å². The first kappa shape index (κ1) is 15.3. The predicted octanol–water partition coefficient (Wildman–Crippen LogP) is 2.17. The molecule has 1 fully saturated rings. The number of alkyl halides is 3. The SMILES string of the molecule is CC1CCC(C(=O)N(CC(F)(F)F)C(C)C)CN1. The minimum absolute atomic E-state index is 0.328. The molecule has 2 unspecified atom stereocenters. The number of halogens is 3. The second kappa shape index (κ2) is 5.91. The van der Waals surface area contributed by atoms with Gasteiger partial charge in [-0.2, -0.15) is 13.2 Å². The van der Waals surface area contributed by atoms with Crippen LogP contribution in [0.5, 0.6) is 0 Å². The van der Waals surface area contributed by atoms with Crippen LogP contribution in [0.3, 0.4) is 0 Å². The Balaban J connectivity index is 2.65. The van der Waals surface area contributed by atoms with Gasteiger partial charge in [0.15, 0.2) is 0 Å². The third-order valence-corrected chi connectivity index (χ3v) is 3.27. The summed E-state index contributed by atoms with van der Waals surface area (Å²) < 4.78 is 37.3. The second-order valence-corrected chi connectivity index (χ2v) is 5.26.